The van der Waals surface area contributed by atoms with E-state index in [4.69, 9.17) is 4.74 Å². The van der Waals surface area contributed by atoms with Gasteiger partial charge in [-0.05, 0) is 41.5 Å². The topological polar surface area (TPSA) is 57.7 Å². The van der Waals surface area contributed by atoms with Crippen LogP contribution in [-0.2, 0) is 4.74 Å². The van der Waals surface area contributed by atoms with Gasteiger partial charge in [-0.1, -0.05) is 0 Å². The highest BCUT2D eigenvalue weighted by Crippen LogP contribution is 2.27. The molecule has 0 spiro atoms. The molecule has 0 aliphatic rings. The number of hydrogen-bond donors (Lipinski definition) is 0. The van der Waals surface area contributed by atoms with Crippen LogP contribution in [0, 0.1) is 11.3 Å². The number of ether oxygens (including phenoxy) is 1. The number of rotatable bonds is 4. The summed E-state index contributed by atoms with van der Waals surface area (Å²) in [6, 6.07) is 2.20. The van der Waals surface area contributed by atoms with Crippen molar-refractivity contribution in [3.8, 4) is 6.07 Å². The average molecular weight is 225 g/mol. The summed E-state index contributed by atoms with van der Waals surface area (Å²) in [6.45, 7) is 11.5. The minimum atomic E-state index is -0.827. The highest BCUT2D eigenvalue weighted by Gasteiger charge is 2.33. The fourth-order valence-electron chi connectivity index (χ4n) is 1.26. The molecule has 0 saturated carbocycles. The zero-order valence-corrected chi connectivity index (χ0v) is 11.5. The molecule has 0 N–H and O–H groups in total. The molecule has 0 saturated heterocycles. The number of azo groups is 1. The van der Waals surface area contributed by atoms with Crippen LogP contribution >= 0.6 is 0 Å². The maximum absolute atomic E-state index is 9.18. The van der Waals surface area contributed by atoms with Gasteiger partial charge in [0.2, 0.25) is 0 Å². The minimum Gasteiger partial charge on any atom is -0.379 e. The SMILES string of the molecule is COC(C)(C)CC(C)(C#N)/N=N/C(C)(C)C. The van der Waals surface area contributed by atoms with Gasteiger partial charge in [-0.25, -0.2) is 0 Å². The Balaban J connectivity index is 4.83. The Bertz CT molecular complexity index is 296. The van der Waals surface area contributed by atoms with Crippen molar-refractivity contribution < 1.29 is 4.74 Å². The maximum atomic E-state index is 9.18. The van der Waals surface area contributed by atoms with Crippen LogP contribution in [0.1, 0.15) is 48.0 Å². The first-order valence-electron chi connectivity index (χ1n) is 5.44. The summed E-state index contributed by atoms with van der Waals surface area (Å²) in [4.78, 5) is 0. The van der Waals surface area contributed by atoms with Gasteiger partial charge in [0.25, 0.3) is 0 Å². The molecular weight excluding hydrogens is 202 g/mol. The first kappa shape index (κ1) is 15.0. The van der Waals surface area contributed by atoms with Crippen molar-refractivity contribution in [1.29, 1.82) is 5.26 Å². The van der Waals surface area contributed by atoms with E-state index in [2.05, 4.69) is 16.3 Å². The van der Waals surface area contributed by atoms with E-state index in [1.165, 1.54) is 0 Å². The Morgan fingerprint density at radius 2 is 1.56 bits per heavy atom. The lowest BCUT2D eigenvalue weighted by Crippen LogP contribution is -2.34. The number of nitrogens with zero attached hydrogens (tertiary/aromatic N) is 3. The molecule has 0 rings (SSSR count). The first-order valence-corrected chi connectivity index (χ1v) is 5.44. The monoisotopic (exact) mass is 225 g/mol. The van der Waals surface area contributed by atoms with E-state index < -0.39 is 5.54 Å². The third kappa shape index (κ3) is 5.82. The predicted octanol–water partition coefficient (Wildman–Crippen LogP) is 3.33. The van der Waals surface area contributed by atoms with Crippen molar-refractivity contribution in [3.63, 3.8) is 0 Å². The van der Waals surface area contributed by atoms with Gasteiger partial charge >= 0.3 is 0 Å². The molecule has 1 unspecified atom stereocenters. The van der Waals surface area contributed by atoms with E-state index in [9.17, 15) is 5.26 Å². The maximum Gasteiger partial charge on any atom is 0.167 e. The lowest BCUT2D eigenvalue weighted by molar-refractivity contribution is 0.00462. The molecule has 0 radical (unpaired) electrons. The molecule has 0 bridgehead atoms. The van der Waals surface area contributed by atoms with Crippen LogP contribution in [-0.4, -0.2) is 23.8 Å². The van der Waals surface area contributed by atoms with Crippen molar-refractivity contribution in [2.24, 2.45) is 10.2 Å². The number of nitriles is 1. The quantitative estimate of drug-likeness (QED) is 0.689. The number of hydrogen-bond acceptors (Lipinski definition) is 4. The Kier molecular flexibility index (Phi) is 4.63. The van der Waals surface area contributed by atoms with Crippen LogP contribution in [0.3, 0.4) is 0 Å². The van der Waals surface area contributed by atoms with Gasteiger partial charge in [0.15, 0.2) is 5.54 Å². The second-order valence-corrected chi connectivity index (χ2v) is 5.90. The third-order valence-electron chi connectivity index (χ3n) is 2.13. The summed E-state index contributed by atoms with van der Waals surface area (Å²) >= 11 is 0. The zero-order valence-electron chi connectivity index (χ0n) is 11.5. The summed E-state index contributed by atoms with van der Waals surface area (Å²) in [7, 11) is 1.64. The molecule has 92 valence electrons. The van der Waals surface area contributed by atoms with Gasteiger partial charge < -0.3 is 4.74 Å². The summed E-state index contributed by atoms with van der Waals surface area (Å²) < 4.78 is 5.31. The van der Waals surface area contributed by atoms with Gasteiger partial charge in [-0.2, -0.15) is 15.5 Å². The molecule has 0 amide bonds. The van der Waals surface area contributed by atoms with E-state index in [0.29, 0.717) is 6.42 Å². The van der Waals surface area contributed by atoms with Crippen molar-refractivity contribution >= 4 is 0 Å². The van der Waals surface area contributed by atoms with Crippen molar-refractivity contribution in [2.75, 3.05) is 7.11 Å². The van der Waals surface area contributed by atoms with Gasteiger partial charge in [0.05, 0.1) is 17.2 Å². The molecule has 0 heterocycles. The third-order valence-corrected chi connectivity index (χ3v) is 2.13. The zero-order chi connectivity index (χ0) is 13.0. The van der Waals surface area contributed by atoms with Crippen LogP contribution in [0.5, 0.6) is 0 Å². The molecule has 16 heavy (non-hydrogen) atoms. The van der Waals surface area contributed by atoms with Crippen LogP contribution < -0.4 is 0 Å². The molecule has 0 aliphatic heterocycles. The molecule has 4 heteroatoms. The highest BCUT2D eigenvalue weighted by molar-refractivity contribution is 5.06. The summed E-state index contributed by atoms with van der Waals surface area (Å²) in [5.74, 6) is 0. The molecule has 0 aromatic rings. The Labute approximate surface area is 98.7 Å². The van der Waals surface area contributed by atoms with Crippen LogP contribution in [0.15, 0.2) is 10.2 Å². The lowest BCUT2D eigenvalue weighted by atomic mass is 9.90. The summed E-state index contributed by atoms with van der Waals surface area (Å²) in [6.07, 6.45) is 0.520. The normalized spacial score (nSPS) is 17.1. The second kappa shape index (κ2) is 4.92. The molecular formula is C12H23N3O. The first-order chi connectivity index (χ1) is 7.04. The largest absolute Gasteiger partial charge is 0.379 e. The van der Waals surface area contributed by atoms with Crippen molar-refractivity contribution in [1.82, 2.24) is 0 Å². The summed E-state index contributed by atoms with van der Waals surface area (Å²) in [5.41, 5.74) is -1.45. The van der Waals surface area contributed by atoms with Gasteiger partial charge in [0, 0.05) is 13.5 Å². The molecule has 4 nitrogen and oxygen atoms in total. The predicted molar refractivity (Wildman–Crippen MR) is 64.3 cm³/mol. The lowest BCUT2D eigenvalue weighted by Gasteiger charge is -2.29. The fourth-order valence-corrected chi connectivity index (χ4v) is 1.26. The highest BCUT2D eigenvalue weighted by atomic mass is 16.5. The second-order valence-electron chi connectivity index (χ2n) is 5.90. The fraction of sp³-hybridized carbons (Fsp3) is 0.917. The van der Waals surface area contributed by atoms with Crippen molar-refractivity contribution in [2.45, 2.75) is 64.6 Å². The molecule has 0 aliphatic carbocycles. The van der Waals surface area contributed by atoms with Crippen LogP contribution in [0.4, 0.5) is 0 Å². The van der Waals surface area contributed by atoms with Gasteiger partial charge in [-0.15, -0.1) is 0 Å². The van der Waals surface area contributed by atoms with E-state index in [-0.39, 0.29) is 11.1 Å². The molecule has 1 atom stereocenters. The Morgan fingerprint density at radius 1 is 1.06 bits per heavy atom. The summed E-state index contributed by atoms with van der Waals surface area (Å²) in [5, 5.41) is 17.5. The minimum absolute atomic E-state index is 0.255. The van der Waals surface area contributed by atoms with E-state index in [0.717, 1.165) is 0 Å². The van der Waals surface area contributed by atoms with Gasteiger partial charge in [-0.3, -0.25) is 0 Å². The van der Waals surface area contributed by atoms with Gasteiger partial charge in [0.1, 0.15) is 0 Å². The van der Waals surface area contributed by atoms with Crippen LogP contribution in [0.25, 0.3) is 0 Å². The van der Waals surface area contributed by atoms with E-state index >= 15 is 0 Å². The standard InChI is InChI=1S/C12H23N3O/c1-10(2,3)14-15-12(6,9-13)8-11(4,5)16-7/h8H2,1-7H3/b15-14+. The number of methoxy groups -OCH3 is 1. The average Bonchev–Trinajstić information content (AvgIpc) is 2.13. The van der Waals surface area contributed by atoms with E-state index in [1.54, 1.807) is 14.0 Å². The molecule has 0 aromatic heterocycles. The smallest absolute Gasteiger partial charge is 0.167 e. The Hall–Kier alpha value is -0.950. The Morgan fingerprint density at radius 3 is 1.88 bits per heavy atom. The van der Waals surface area contributed by atoms with Crippen LogP contribution in [0.2, 0.25) is 0 Å². The molecule has 0 fully saturated rings. The molecule has 0 aromatic carbocycles. The van der Waals surface area contributed by atoms with Crippen molar-refractivity contribution in [3.05, 3.63) is 0 Å². The van der Waals surface area contributed by atoms with E-state index in [1.807, 2.05) is 34.6 Å².